The second-order valence-corrected chi connectivity index (χ2v) is 7.68. The summed E-state index contributed by atoms with van der Waals surface area (Å²) in [6.07, 6.45) is 0. The van der Waals surface area contributed by atoms with Gasteiger partial charge in [-0.05, 0) is 29.6 Å². The second-order valence-electron chi connectivity index (χ2n) is 4.82. The summed E-state index contributed by atoms with van der Waals surface area (Å²) in [7, 11) is -1.95. The molecule has 3 rings (SSSR count). The van der Waals surface area contributed by atoms with E-state index in [1.54, 1.807) is 35.5 Å². The summed E-state index contributed by atoms with van der Waals surface area (Å²) in [4.78, 5) is 13.8. The third-order valence-electron chi connectivity index (χ3n) is 3.25. The van der Waals surface area contributed by atoms with Crippen molar-refractivity contribution in [3.8, 4) is 5.75 Å². The number of ether oxygens (including phenoxy) is 1. The van der Waals surface area contributed by atoms with Gasteiger partial charge in [0, 0.05) is 12.7 Å². The number of nitrogens with one attached hydrogen (secondary N) is 1. The first-order valence-corrected chi connectivity index (χ1v) is 8.92. The number of carbonyl (C=O) groups is 1. The predicted octanol–water partition coefficient (Wildman–Crippen LogP) is 2.01. The lowest BCUT2D eigenvalue weighted by molar-refractivity contribution is 0.0797. The fraction of sp³-hybridized carbons (Fsp3) is 0.214. The third-order valence-corrected chi connectivity index (χ3v) is 6.03. The molecule has 1 aromatic carbocycles. The highest BCUT2D eigenvalue weighted by atomic mass is 32.2. The molecule has 1 amide bonds. The average Bonchev–Trinajstić information content (AvgIpc) is 2.98. The number of fused-ring (bicyclic) bond motifs is 1. The van der Waals surface area contributed by atoms with Crippen LogP contribution in [-0.4, -0.2) is 39.4 Å². The lowest BCUT2D eigenvalue weighted by atomic mass is 10.1. The maximum absolute atomic E-state index is 12.3. The lowest BCUT2D eigenvalue weighted by Gasteiger charge is -2.13. The fourth-order valence-corrected chi connectivity index (χ4v) is 4.15. The van der Waals surface area contributed by atoms with Gasteiger partial charge in [-0.3, -0.25) is 9.52 Å². The summed E-state index contributed by atoms with van der Waals surface area (Å²) in [5.41, 5.74) is 0.686. The normalized spacial score (nSPS) is 15.0. The van der Waals surface area contributed by atoms with E-state index in [1.165, 1.54) is 12.1 Å². The van der Waals surface area contributed by atoms with Crippen LogP contribution in [0.15, 0.2) is 39.9 Å². The first kappa shape index (κ1) is 14.9. The lowest BCUT2D eigenvalue weighted by Crippen LogP contribution is -2.27. The third kappa shape index (κ3) is 2.79. The Bertz CT molecular complexity index is 800. The Morgan fingerprint density at radius 2 is 2.14 bits per heavy atom. The Morgan fingerprint density at radius 3 is 2.86 bits per heavy atom. The first-order chi connectivity index (χ1) is 10.5. The van der Waals surface area contributed by atoms with Gasteiger partial charge in [0.05, 0.1) is 12.1 Å². The largest absolute Gasteiger partial charge is 0.491 e. The van der Waals surface area contributed by atoms with Gasteiger partial charge < -0.3 is 9.64 Å². The average molecular weight is 338 g/mol. The van der Waals surface area contributed by atoms with E-state index in [0.717, 1.165) is 11.3 Å². The zero-order chi connectivity index (χ0) is 15.7. The number of anilines is 1. The molecule has 1 aromatic heterocycles. The Labute approximate surface area is 132 Å². The van der Waals surface area contributed by atoms with Crippen molar-refractivity contribution in [2.24, 2.45) is 0 Å². The molecule has 0 aliphatic carbocycles. The molecule has 116 valence electrons. The summed E-state index contributed by atoms with van der Waals surface area (Å²) in [6, 6.07) is 7.90. The molecule has 8 heteroatoms. The molecular weight excluding hydrogens is 324 g/mol. The number of rotatable bonds is 3. The summed E-state index contributed by atoms with van der Waals surface area (Å²) in [5.74, 6) is 0.276. The summed E-state index contributed by atoms with van der Waals surface area (Å²) >= 11 is 1.13. The maximum Gasteiger partial charge on any atom is 0.271 e. The quantitative estimate of drug-likeness (QED) is 0.929. The molecule has 0 saturated heterocycles. The summed E-state index contributed by atoms with van der Waals surface area (Å²) in [6.45, 7) is 0.902. The maximum atomic E-state index is 12.3. The molecule has 0 unspecified atom stereocenters. The minimum absolute atomic E-state index is 0.190. The topological polar surface area (TPSA) is 75.7 Å². The number of hydrogen-bond donors (Lipinski definition) is 1. The molecule has 2 heterocycles. The monoisotopic (exact) mass is 338 g/mol. The second kappa shape index (κ2) is 5.62. The van der Waals surface area contributed by atoms with Crippen molar-refractivity contribution < 1.29 is 17.9 Å². The number of nitrogens with zero attached hydrogens (tertiary/aromatic N) is 1. The number of amides is 1. The number of benzene rings is 1. The molecule has 0 radical (unpaired) electrons. The van der Waals surface area contributed by atoms with Crippen LogP contribution in [0, 0.1) is 0 Å². The molecule has 22 heavy (non-hydrogen) atoms. The number of hydrogen-bond acceptors (Lipinski definition) is 5. The van der Waals surface area contributed by atoms with Crippen LogP contribution in [0.25, 0.3) is 0 Å². The van der Waals surface area contributed by atoms with Gasteiger partial charge in [0.15, 0.2) is 0 Å². The van der Waals surface area contributed by atoms with E-state index in [0.29, 0.717) is 30.2 Å². The smallest absolute Gasteiger partial charge is 0.271 e. The van der Waals surface area contributed by atoms with Gasteiger partial charge in [0.25, 0.3) is 15.9 Å². The zero-order valence-corrected chi connectivity index (χ0v) is 13.4. The highest BCUT2D eigenvalue weighted by Crippen LogP contribution is 2.28. The highest BCUT2D eigenvalue weighted by molar-refractivity contribution is 7.94. The molecule has 0 spiro atoms. The Morgan fingerprint density at radius 1 is 1.32 bits per heavy atom. The molecule has 0 saturated carbocycles. The van der Waals surface area contributed by atoms with E-state index in [9.17, 15) is 13.2 Å². The molecule has 1 aliphatic rings. The molecule has 0 fully saturated rings. The van der Waals surface area contributed by atoms with Crippen LogP contribution in [0.4, 0.5) is 5.69 Å². The number of sulfonamides is 1. The van der Waals surface area contributed by atoms with Crippen LogP contribution in [0.2, 0.25) is 0 Å². The van der Waals surface area contributed by atoms with Gasteiger partial charge in [-0.2, -0.15) is 0 Å². The molecule has 1 aliphatic heterocycles. The first-order valence-electron chi connectivity index (χ1n) is 6.56. The van der Waals surface area contributed by atoms with E-state index in [1.807, 2.05) is 0 Å². The van der Waals surface area contributed by atoms with Crippen molar-refractivity contribution in [1.82, 2.24) is 4.90 Å². The van der Waals surface area contributed by atoms with Crippen molar-refractivity contribution >= 4 is 33.0 Å². The fourth-order valence-electron chi connectivity index (χ4n) is 2.11. The van der Waals surface area contributed by atoms with Gasteiger partial charge in [-0.25, -0.2) is 8.42 Å². The van der Waals surface area contributed by atoms with Crippen molar-refractivity contribution in [3.05, 3.63) is 41.3 Å². The zero-order valence-electron chi connectivity index (χ0n) is 11.8. The van der Waals surface area contributed by atoms with Crippen LogP contribution in [0.1, 0.15) is 10.4 Å². The van der Waals surface area contributed by atoms with Gasteiger partial charge >= 0.3 is 0 Å². The molecular formula is C14H14N2O4S2. The molecule has 0 bridgehead atoms. The number of likely N-dealkylation sites (N-methyl/N-ethyl adjacent to an activating group) is 1. The van der Waals surface area contributed by atoms with Crippen molar-refractivity contribution in [2.75, 3.05) is 24.9 Å². The van der Waals surface area contributed by atoms with E-state index in [2.05, 4.69) is 4.72 Å². The van der Waals surface area contributed by atoms with Crippen LogP contribution in [0.3, 0.4) is 0 Å². The van der Waals surface area contributed by atoms with Gasteiger partial charge in [0.1, 0.15) is 16.6 Å². The van der Waals surface area contributed by atoms with Crippen molar-refractivity contribution in [1.29, 1.82) is 0 Å². The minimum atomic E-state index is -3.63. The molecule has 1 N–H and O–H groups in total. The summed E-state index contributed by atoms with van der Waals surface area (Å²) < 4.78 is 32.7. The minimum Gasteiger partial charge on any atom is -0.491 e. The van der Waals surface area contributed by atoms with Crippen LogP contribution >= 0.6 is 11.3 Å². The van der Waals surface area contributed by atoms with E-state index >= 15 is 0 Å². The molecule has 2 aromatic rings. The van der Waals surface area contributed by atoms with Crippen molar-refractivity contribution in [2.45, 2.75) is 4.21 Å². The Hall–Kier alpha value is -2.06. The standard InChI is InChI=1S/C14H14N2O4S2/c1-16-6-7-20-12-5-4-10(9-11(12)14(16)17)15-22(18,19)13-3-2-8-21-13/h2-5,8-9,15H,6-7H2,1H3. The van der Waals surface area contributed by atoms with Gasteiger partial charge in [-0.1, -0.05) is 6.07 Å². The van der Waals surface area contributed by atoms with Crippen LogP contribution < -0.4 is 9.46 Å². The Kier molecular flexibility index (Phi) is 3.79. The van der Waals surface area contributed by atoms with Crippen LogP contribution in [0.5, 0.6) is 5.75 Å². The van der Waals surface area contributed by atoms with E-state index in [4.69, 9.17) is 4.74 Å². The van der Waals surface area contributed by atoms with Gasteiger partial charge in [0.2, 0.25) is 0 Å². The number of thiophene rings is 1. The number of carbonyl (C=O) groups excluding carboxylic acids is 1. The van der Waals surface area contributed by atoms with E-state index < -0.39 is 10.0 Å². The van der Waals surface area contributed by atoms with Gasteiger partial charge in [-0.15, -0.1) is 11.3 Å². The Balaban J connectivity index is 1.94. The molecule has 0 atom stereocenters. The SMILES string of the molecule is CN1CCOc2ccc(NS(=O)(=O)c3cccs3)cc2C1=O. The summed E-state index contributed by atoms with van der Waals surface area (Å²) in [5, 5.41) is 1.69. The van der Waals surface area contributed by atoms with Crippen molar-refractivity contribution in [3.63, 3.8) is 0 Å². The van der Waals surface area contributed by atoms with Crippen LogP contribution in [-0.2, 0) is 10.0 Å². The predicted molar refractivity (Wildman–Crippen MR) is 84.0 cm³/mol. The highest BCUT2D eigenvalue weighted by Gasteiger charge is 2.22. The van der Waals surface area contributed by atoms with E-state index in [-0.39, 0.29) is 10.1 Å². The molecule has 6 nitrogen and oxygen atoms in total.